The molecule has 0 spiro atoms. The maximum absolute atomic E-state index is 13.0. The SMILES string of the molecule is O=C(CCNS(=O)(=O)c1ccc(F)cc1)N1CCCC1c1nc2ccccc2s1. The van der Waals surface area contributed by atoms with Gasteiger partial charge in [0.1, 0.15) is 10.8 Å². The summed E-state index contributed by atoms with van der Waals surface area (Å²) < 4.78 is 41.0. The van der Waals surface area contributed by atoms with Crippen molar-refractivity contribution >= 4 is 37.5 Å². The molecule has 2 aromatic carbocycles. The molecular weight excluding hydrogens is 413 g/mol. The van der Waals surface area contributed by atoms with E-state index in [4.69, 9.17) is 0 Å². The van der Waals surface area contributed by atoms with Gasteiger partial charge in [0.05, 0.1) is 21.2 Å². The van der Waals surface area contributed by atoms with Gasteiger partial charge in [-0.25, -0.2) is 22.5 Å². The van der Waals surface area contributed by atoms with Gasteiger partial charge in [-0.3, -0.25) is 4.79 Å². The summed E-state index contributed by atoms with van der Waals surface area (Å²) in [6.45, 7) is 0.631. The van der Waals surface area contributed by atoms with Gasteiger partial charge in [0.25, 0.3) is 0 Å². The van der Waals surface area contributed by atoms with E-state index in [1.54, 1.807) is 16.2 Å². The topological polar surface area (TPSA) is 79.4 Å². The molecule has 0 aliphatic carbocycles. The Morgan fingerprint density at radius 2 is 1.97 bits per heavy atom. The molecule has 1 atom stereocenters. The first kappa shape index (κ1) is 19.9. The van der Waals surface area contributed by atoms with Gasteiger partial charge >= 0.3 is 0 Å². The van der Waals surface area contributed by atoms with E-state index in [1.807, 2.05) is 24.3 Å². The molecule has 1 N–H and O–H groups in total. The third kappa shape index (κ3) is 4.31. The van der Waals surface area contributed by atoms with E-state index in [0.717, 1.165) is 40.2 Å². The number of hydrogen-bond donors (Lipinski definition) is 1. The summed E-state index contributed by atoms with van der Waals surface area (Å²) in [7, 11) is -3.78. The summed E-state index contributed by atoms with van der Waals surface area (Å²) in [4.78, 5) is 19.2. The van der Waals surface area contributed by atoms with Crippen molar-refractivity contribution < 1.29 is 17.6 Å². The number of rotatable bonds is 6. The summed E-state index contributed by atoms with van der Waals surface area (Å²) in [5.74, 6) is -0.609. The smallest absolute Gasteiger partial charge is 0.240 e. The van der Waals surface area contributed by atoms with Crippen LogP contribution in [0, 0.1) is 5.82 Å². The molecule has 1 saturated heterocycles. The van der Waals surface area contributed by atoms with E-state index in [-0.39, 0.29) is 29.8 Å². The minimum Gasteiger partial charge on any atom is -0.333 e. The lowest BCUT2D eigenvalue weighted by atomic mass is 10.2. The lowest BCUT2D eigenvalue weighted by molar-refractivity contribution is -0.131. The molecule has 29 heavy (non-hydrogen) atoms. The number of thiazole rings is 1. The molecule has 152 valence electrons. The Labute approximate surface area is 172 Å². The number of fused-ring (bicyclic) bond motifs is 1. The Hall–Kier alpha value is -2.36. The summed E-state index contributed by atoms with van der Waals surface area (Å²) in [6, 6.07) is 12.4. The van der Waals surface area contributed by atoms with E-state index in [1.165, 1.54) is 12.1 Å². The van der Waals surface area contributed by atoms with Crippen LogP contribution in [0.1, 0.15) is 30.3 Å². The van der Waals surface area contributed by atoms with Crippen molar-refractivity contribution in [3.8, 4) is 0 Å². The summed E-state index contributed by atoms with van der Waals surface area (Å²) in [6.07, 6.45) is 1.81. The second kappa shape index (κ2) is 8.17. The van der Waals surface area contributed by atoms with Crippen molar-refractivity contribution in [1.82, 2.24) is 14.6 Å². The van der Waals surface area contributed by atoms with Gasteiger partial charge in [-0.2, -0.15) is 0 Å². The van der Waals surface area contributed by atoms with Crippen molar-refractivity contribution in [1.29, 1.82) is 0 Å². The molecule has 9 heteroatoms. The third-order valence-electron chi connectivity index (χ3n) is 4.92. The number of amides is 1. The van der Waals surface area contributed by atoms with Crippen molar-refractivity contribution in [3.63, 3.8) is 0 Å². The highest BCUT2D eigenvalue weighted by molar-refractivity contribution is 7.89. The Morgan fingerprint density at radius 3 is 2.72 bits per heavy atom. The average Bonchev–Trinajstić information content (AvgIpc) is 3.34. The maximum atomic E-state index is 13.0. The van der Waals surface area contributed by atoms with E-state index in [2.05, 4.69) is 9.71 Å². The number of likely N-dealkylation sites (tertiary alicyclic amines) is 1. The number of carbonyl (C=O) groups excluding carboxylic acids is 1. The number of hydrogen-bond acceptors (Lipinski definition) is 5. The predicted molar refractivity (Wildman–Crippen MR) is 110 cm³/mol. The first-order chi connectivity index (χ1) is 13.9. The number of carbonyl (C=O) groups is 1. The van der Waals surface area contributed by atoms with Crippen LogP contribution in [-0.4, -0.2) is 37.3 Å². The van der Waals surface area contributed by atoms with Crippen molar-refractivity contribution in [2.45, 2.75) is 30.2 Å². The van der Waals surface area contributed by atoms with Crippen LogP contribution < -0.4 is 4.72 Å². The molecule has 1 unspecified atom stereocenters. The second-order valence-corrected chi connectivity index (χ2v) is 9.70. The van der Waals surface area contributed by atoms with E-state index < -0.39 is 15.8 Å². The van der Waals surface area contributed by atoms with Crippen LogP contribution in [0.25, 0.3) is 10.2 Å². The van der Waals surface area contributed by atoms with Crippen LogP contribution in [0.3, 0.4) is 0 Å². The first-order valence-electron chi connectivity index (χ1n) is 9.34. The quantitative estimate of drug-likeness (QED) is 0.646. The minimum absolute atomic E-state index is 0.0123. The van der Waals surface area contributed by atoms with Crippen LogP contribution in [0.2, 0.25) is 0 Å². The lowest BCUT2D eigenvalue weighted by Gasteiger charge is -2.23. The van der Waals surface area contributed by atoms with Gasteiger partial charge < -0.3 is 4.90 Å². The van der Waals surface area contributed by atoms with E-state index in [0.29, 0.717) is 6.54 Å². The maximum Gasteiger partial charge on any atom is 0.240 e. The monoisotopic (exact) mass is 433 g/mol. The predicted octanol–water partition coefficient (Wildman–Crippen LogP) is 3.47. The molecule has 1 aliphatic rings. The fourth-order valence-electron chi connectivity index (χ4n) is 3.49. The molecule has 0 saturated carbocycles. The highest BCUT2D eigenvalue weighted by atomic mass is 32.2. The van der Waals surface area contributed by atoms with Gasteiger partial charge in [-0.15, -0.1) is 11.3 Å². The molecular formula is C20H20FN3O3S2. The zero-order chi connectivity index (χ0) is 20.4. The molecule has 4 rings (SSSR count). The first-order valence-corrected chi connectivity index (χ1v) is 11.6. The van der Waals surface area contributed by atoms with Crippen LogP contribution in [-0.2, 0) is 14.8 Å². The largest absolute Gasteiger partial charge is 0.333 e. The minimum atomic E-state index is -3.78. The lowest BCUT2D eigenvalue weighted by Crippen LogP contribution is -2.34. The van der Waals surface area contributed by atoms with Crippen LogP contribution in [0.4, 0.5) is 4.39 Å². The van der Waals surface area contributed by atoms with Crippen molar-refractivity contribution in [2.75, 3.05) is 13.1 Å². The van der Waals surface area contributed by atoms with E-state index in [9.17, 15) is 17.6 Å². The molecule has 3 aromatic rings. The fourth-order valence-corrected chi connectivity index (χ4v) is 5.63. The van der Waals surface area contributed by atoms with Gasteiger partial charge in [-0.05, 0) is 49.2 Å². The molecule has 0 radical (unpaired) electrons. The highest BCUT2D eigenvalue weighted by Crippen LogP contribution is 2.36. The third-order valence-corrected chi connectivity index (χ3v) is 7.54. The molecule has 0 bridgehead atoms. The standard InChI is InChI=1S/C20H20FN3O3S2/c21-14-7-9-15(10-8-14)29(26,27)22-12-11-19(25)24-13-3-5-17(24)20-23-16-4-1-2-6-18(16)28-20/h1-2,4,6-10,17,22H,3,5,11-13H2. The number of nitrogens with zero attached hydrogens (tertiary/aromatic N) is 2. The van der Waals surface area contributed by atoms with Gasteiger partial charge in [-0.1, -0.05) is 12.1 Å². The Morgan fingerprint density at radius 1 is 1.21 bits per heavy atom. The normalized spacial score (nSPS) is 17.1. The summed E-state index contributed by atoms with van der Waals surface area (Å²) >= 11 is 1.60. The summed E-state index contributed by atoms with van der Waals surface area (Å²) in [5, 5.41) is 0.920. The average molecular weight is 434 g/mol. The van der Waals surface area contributed by atoms with Gasteiger partial charge in [0, 0.05) is 19.5 Å². The van der Waals surface area contributed by atoms with Gasteiger partial charge in [0.15, 0.2) is 0 Å². The number of sulfonamides is 1. The van der Waals surface area contributed by atoms with Crippen LogP contribution >= 0.6 is 11.3 Å². The number of halogens is 1. The fraction of sp³-hybridized carbons (Fsp3) is 0.300. The van der Waals surface area contributed by atoms with Crippen molar-refractivity contribution in [2.24, 2.45) is 0 Å². The number of benzene rings is 2. The zero-order valence-electron chi connectivity index (χ0n) is 15.5. The Balaban J connectivity index is 1.39. The van der Waals surface area contributed by atoms with Crippen LogP contribution in [0.5, 0.6) is 0 Å². The molecule has 2 heterocycles. The highest BCUT2D eigenvalue weighted by Gasteiger charge is 2.32. The molecule has 1 fully saturated rings. The molecule has 1 amide bonds. The Kier molecular flexibility index (Phi) is 5.62. The zero-order valence-corrected chi connectivity index (χ0v) is 17.2. The number of para-hydroxylation sites is 1. The Bertz CT molecular complexity index is 1100. The van der Waals surface area contributed by atoms with Crippen molar-refractivity contribution in [3.05, 3.63) is 59.4 Å². The molecule has 6 nitrogen and oxygen atoms in total. The second-order valence-electron chi connectivity index (χ2n) is 6.87. The van der Waals surface area contributed by atoms with Crippen LogP contribution in [0.15, 0.2) is 53.4 Å². The number of aromatic nitrogens is 1. The summed E-state index contributed by atoms with van der Waals surface area (Å²) in [5.41, 5.74) is 0.929. The molecule has 1 aliphatic heterocycles. The number of nitrogens with one attached hydrogen (secondary N) is 1. The molecule has 1 aromatic heterocycles. The van der Waals surface area contributed by atoms with E-state index >= 15 is 0 Å². The van der Waals surface area contributed by atoms with Gasteiger partial charge in [0.2, 0.25) is 15.9 Å².